The van der Waals surface area contributed by atoms with E-state index in [2.05, 4.69) is 22.2 Å². The number of nitrogens with zero attached hydrogens (tertiary/aromatic N) is 3. The lowest BCUT2D eigenvalue weighted by Crippen LogP contribution is -2.41. The number of aromatic nitrogens is 2. The summed E-state index contributed by atoms with van der Waals surface area (Å²) in [6.45, 7) is 4.35. The first-order valence-corrected chi connectivity index (χ1v) is 10.9. The quantitative estimate of drug-likeness (QED) is 0.817. The van der Waals surface area contributed by atoms with Crippen LogP contribution in [0, 0.1) is 0 Å². The van der Waals surface area contributed by atoms with Crippen molar-refractivity contribution in [2.24, 2.45) is 0 Å². The normalized spacial score (nSPS) is 18.2. The molecule has 27 heavy (non-hydrogen) atoms. The minimum absolute atomic E-state index is 0.0205. The van der Waals surface area contributed by atoms with E-state index in [4.69, 9.17) is 0 Å². The molecule has 1 saturated heterocycles. The van der Waals surface area contributed by atoms with E-state index in [1.807, 2.05) is 31.2 Å². The lowest BCUT2D eigenvalue weighted by molar-refractivity contribution is 0.0702. The predicted octanol–water partition coefficient (Wildman–Crippen LogP) is 2.43. The van der Waals surface area contributed by atoms with Gasteiger partial charge in [-0.2, -0.15) is 0 Å². The van der Waals surface area contributed by atoms with Crippen LogP contribution in [0.4, 0.5) is 11.6 Å². The van der Waals surface area contributed by atoms with Crippen molar-refractivity contribution in [3.8, 4) is 0 Å². The number of anilines is 2. The van der Waals surface area contributed by atoms with Crippen molar-refractivity contribution < 1.29 is 13.2 Å². The van der Waals surface area contributed by atoms with Crippen LogP contribution in [0.15, 0.2) is 36.5 Å². The number of carbonyl (C=O) groups is 1. The summed E-state index contributed by atoms with van der Waals surface area (Å²) in [4.78, 5) is 23.1. The summed E-state index contributed by atoms with van der Waals surface area (Å²) in [5, 5.41) is 3.17. The van der Waals surface area contributed by atoms with E-state index in [9.17, 15) is 13.2 Å². The van der Waals surface area contributed by atoms with Gasteiger partial charge in [-0.3, -0.25) is 4.79 Å². The Morgan fingerprint density at radius 3 is 2.70 bits per heavy atom. The van der Waals surface area contributed by atoms with E-state index in [0.29, 0.717) is 18.9 Å². The molecule has 0 bridgehead atoms. The maximum atomic E-state index is 12.9. The number of sulfone groups is 1. The van der Waals surface area contributed by atoms with E-state index >= 15 is 0 Å². The summed E-state index contributed by atoms with van der Waals surface area (Å²) >= 11 is 0. The fourth-order valence-corrected chi connectivity index (χ4v) is 5.08. The summed E-state index contributed by atoms with van der Waals surface area (Å²) in [6, 6.07) is 9.13. The second kappa shape index (κ2) is 8.04. The van der Waals surface area contributed by atoms with Crippen molar-refractivity contribution in [3.63, 3.8) is 0 Å². The van der Waals surface area contributed by atoms with Crippen molar-refractivity contribution in [3.05, 3.63) is 47.8 Å². The molecule has 1 N–H and O–H groups in total. The van der Waals surface area contributed by atoms with Crippen molar-refractivity contribution in [1.29, 1.82) is 0 Å². The largest absolute Gasteiger partial charge is 0.334 e. The number of hydrogen-bond acceptors (Lipinski definition) is 6. The lowest BCUT2D eigenvalue weighted by atomic mass is 10.1. The molecule has 1 atom stereocenters. The molecule has 0 saturated carbocycles. The summed E-state index contributed by atoms with van der Waals surface area (Å²) in [7, 11) is -3.06. The molecule has 1 unspecified atom stereocenters. The van der Waals surface area contributed by atoms with E-state index in [1.165, 1.54) is 6.20 Å². The molecule has 1 aliphatic rings. The van der Waals surface area contributed by atoms with E-state index in [-0.39, 0.29) is 29.1 Å². The number of hydrogen-bond donors (Lipinski definition) is 1. The van der Waals surface area contributed by atoms with Gasteiger partial charge in [0.05, 0.1) is 11.5 Å². The van der Waals surface area contributed by atoms with E-state index < -0.39 is 9.84 Å². The highest BCUT2D eigenvalue weighted by atomic mass is 32.2. The summed E-state index contributed by atoms with van der Waals surface area (Å²) in [5.41, 5.74) is 2.29. The zero-order valence-electron chi connectivity index (χ0n) is 15.6. The highest BCUT2D eigenvalue weighted by Crippen LogP contribution is 2.21. The molecule has 0 spiro atoms. The van der Waals surface area contributed by atoms with Crippen LogP contribution in [-0.4, -0.2) is 53.3 Å². The Morgan fingerprint density at radius 2 is 2.04 bits per heavy atom. The molecule has 1 aromatic heterocycles. The number of para-hydroxylation sites is 1. The Morgan fingerprint density at radius 1 is 1.26 bits per heavy atom. The predicted molar refractivity (Wildman–Crippen MR) is 105 cm³/mol. The highest BCUT2D eigenvalue weighted by molar-refractivity contribution is 7.91. The molecule has 0 aliphatic carbocycles. The monoisotopic (exact) mass is 388 g/mol. The molecular formula is C19H24N4O3S. The standard InChI is InChI=1S/C19H24N4O3S/c1-3-14-7-5-6-8-16(14)21-19-20-11-9-17(22-19)18(24)23(4-2)15-10-12-27(25,26)13-15/h5-9,11,15H,3-4,10,12-13H2,1-2H3,(H,20,21,22). The zero-order valence-corrected chi connectivity index (χ0v) is 16.4. The Labute approximate surface area is 159 Å². The SMILES string of the molecule is CCc1ccccc1Nc1nccc(C(=O)N(CC)C2CCS(=O)(=O)C2)n1. The van der Waals surface area contributed by atoms with Crippen molar-refractivity contribution in [2.75, 3.05) is 23.4 Å². The first kappa shape index (κ1) is 19.3. The number of rotatable bonds is 6. The Hall–Kier alpha value is -2.48. The highest BCUT2D eigenvalue weighted by Gasteiger charge is 2.34. The molecule has 2 aromatic rings. The van der Waals surface area contributed by atoms with Crippen LogP contribution in [0.25, 0.3) is 0 Å². The summed E-state index contributed by atoms with van der Waals surface area (Å²) in [5.74, 6) is 0.226. The molecule has 2 heterocycles. The van der Waals surface area contributed by atoms with Crippen LogP contribution in [0.5, 0.6) is 0 Å². The topological polar surface area (TPSA) is 92.3 Å². The molecule has 7 nitrogen and oxygen atoms in total. The zero-order chi connectivity index (χ0) is 19.4. The van der Waals surface area contributed by atoms with Gasteiger partial charge in [-0.1, -0.05) is 25.1 Å². The van der Waals surface area contributed by atoms with E-state index in [1.54, 1.807) is 11.0 Å². The number of amides is 1. The minimum Gasteiger partial charge on any atom is -0.334 e. The maximum absolute atomic E-state index is 12.9. The average Bonchev–Trinajstić information content (AvgIpc) is 3.02. The van der Waals surface area contributed by atoms with Gasteiger partial charge in [-0.15, -0.1) is 0 Å². The molecule has 1 amide bonds. The van der Waals surface area contributed by atoms with Crippen LogP contribution < -0.4 is 5.32 Å². The minimum atomic E-state index is -3.06. The Balaban J connectivity index is 1.81. The van der Waals surface area contributed by atoms with Crippen LogP contribution in [-0.2, 0) is 16.3 Å². The second-order valence-corrected chi connectivity index (χ2v) is 8.78. The van der Waals surface area contributed by atoms with Crippen LogP contribution >= 0.6 is 0 Å². The summed E-state index contributed by atoms with van der Waals surface area (Å²) < 4.78 is 23.5. The van der Waals surface area contributed by atoms with Crippen LogP contribution in [0.3, 0.4) is 0 Å². The maximum Gasteiger partial charge on any atom is 0.272 e. The lowest BCUT2D eigenvalue weighted by Gasteiger charge is -2.26. The number of carbonyl (C=O) groups excluding carboxylic acids is 1. The Kier molecular flexibility index (Phi) is 5.74. The van der Waals surface area contributed by atoms with Gasteiger partial charge in [0.1, 0.15) is 5.69 Å². The third kappa shape index (κ3) is 4.44. The second-order valence-electron chi connectivity index (χ2n) is 6.55. The van der Waals surface area contributed by atoms with Crippen molar-refractivity contribution in [2.45, 2.75) is 32.7 Å². The molecule has 0 radical (unpaired) electrons. The van der Waals surface area contributed by atoms with Gasteiger partial charge in [-0.05, 0) is 37.5 Å². The third-order valence-corrected chi connectivity index (χ3v) is 6.52. The van der Waals surface area contributed by atoms with Gasteiger partial charge in [0, 0.05) is 24.5 Å². The first-order chi connectivity index (χ1) is 12.9. The van der Waals surface area contributed by atoms with Gasteiger partial charge in [0.15, 0.2) is 9.84 Å². The molecule has 1 aliphatic heterocycles. The first-order valence-electron chi connectivity index (χ1n) is 9.13. The van der Waals surface area contributed by atoms with Crippen LogP contribution in [0.1, 0.15) is 36.3 Å². The van der Waals surface area contributed by atoms with Crippen LogP contribution in [0.2, 0.25) is 0 Å². The average molecular weight is 388 g/mol. The van der Waals surface area contributed by atoms with Crippen molar-refractivity contribution >= 4 is 27.4 Å². The van der Waals surface area contributed by atoms with Gasteiger partial charge in [0.25, 0.3) is 5.91 Å². The van der Waals surface area contributed by atoms with Gasteiger partial charge in [-0.25, -0.2) is 18.4 Å². The third-order valence-electron chi connectivity index (χ3n) is 4.77. The molecule has 3 rings (SSSR count). The number of nitrogens with one attached hydrogen (secondary N) is 1. The van der Waals surface area contributed by atoms with E-state index in [0.717, 1.165) is 17.7 Å². The van der Waals surface area contributed by atoms with Gasteiger partial charge >= 0.3 is 0 Å². The van der Waals surface area contributed by atoms with Crippen molar-refractivity contribution in [1.82, 2.24) is 14.9 Å². The van der Waals surface area contributed by atoms with Gasteiger partial charge < -0.3 is 10.2 Å². The molecule has 8 heteroatoms. The fraction of sp³-hybridized carbons (Fsp3) is 0.421. The fourth-order valence-electron chi connectivity index (χ4n) is 3.34. The summed E-state index contributed by atoms with van der Waals surface area (Å²) in [6.07, 6.45) is 2.87. The van der Waals surface area contributed by atoms with Gasteiger partial charge in [0.2, 0.25) is 5.95 Å². The Bertz CT molecular complexity index is 930. The smallest absolute Gasteiger partial charge is 0.272 e. The molecule has 1 aromatic carbocycles. The molecule has 1 fully saturated rings. The number of aryl methyl sites for hydroxylation is 1. The molecule has 144 valence electrons. The number of benzene rings is 1. The molecular weight excluding hydrogens is 364 g/mol.